The Morgan fingerprint density at radius 2 is 1.77 bits per heavy atom. The number of hydrogen-bond acceptors (Lipinski definition) is 6. The minimum atomic E-state index is -3.77. The van der Waals surface area contributed by atoms with E-state index in [2.05, 4.69) is 25.6 Å². The van der Waals surface area contributed by atoms with Crippen molar-refractivity contribution in [1.82, 2.24) is 15.5 Å². The maximum Gasteiger partial charge on any atom is 0.261 e. The first kappa shape index (κ1) is 19.8. The average Bonchev–Trinajstić information content (AvgIpc) is 3.22. The maximum atomic E-state index is 12.8. The number of carbonyl (C=O) groups is 1. The number of aromatic amines is 1. The summed E-state index contributed by atoms with van der Waals surface area (Å²) in [5, 5.41) is 13.9. The number of ketones is 1. The van der Waals surface area contributed by atoms with Crippen LogP contribution in [0.25, 0.3) is 0 Å². The van der Waals surface area contributed by atoms with Crippen molar-refractivity contribution in [1.29, 1.82) is 0 Å². The lowest BCUT2D eigenvalue weighted by Crippen LogP contribution is -2.39. The zero-order chi connectivity index (χ0) is 21.6. The number of anilines is 2. The number of halogens is 1. The van der Waals surface area contributed by atoms with Gasteiger partial charge in [0.25, 0.3) is 10.0 Å². The molecule has 3 aromatic rings. The third-order valence-electron chi connectivity index (χ3n) is 5.38. The van der Waals surface area contributed by atoms with Crippen LogP contribution in [-0.4, -0.2) is 37.5 Å². The molecule has 2 aliphatic heterocycles. The van der Waals surface area contributed by atoms with Crippen LogP contribution in [0.2, 0.25) is 5.02 Å². The smallest absolute Gasteiger partial charge is 0.261 e. The molecular weight excluding hydrogens is 438 g/mol. The lowest BCUT2D eigenvalue weighted by atomic mass is 9.80. The second-order valence-corrected chi connectivity index (χ2v) is 9.48. The first-order valence-corrected chi connectivity index (χ1v) is 11.4. The molecule has 1 atom stereocenters. The highest BCUT2D eigenvalue weighted by Gasteiger charge is 2.36. The largest absolute Gasteiger partial charge is 0.342 e. The summed E-state index contributed by atoms with van der Waals surface area (Å²) in [6.07, 6.45) is 1.69. The van der Waals surface area contributed by atoms with E-state index in [0.29, 0.717) is 22.8 Å². The van der Waals surface area contributed by atoms with Gasteiger partial charge in [0.15, 0.2) is 5.78 Å². The third-order valence-corrected chi connectivity index (χ3v) is 7.03. The number of hydrogen-bond donors (Lipinski definition) is 4. The molecule has 0 fully saturated rings. The highest BCUT2D eigenvalue weighted by atomic mass is 35.5. The van der Waals surface area contributed by atoms with Gasteiger partial charge in [-0.3, -0.25) is 14.6 Å². The maximum absolute atomic E-state index is 12.8. The summed E-state index contributed by atoms with van der Waals surface area (Å²) in [6.45, 7) is 0.815. The summed E-state index contributed by atoms with van der Waals surface area (Å²) in [7, 11) is -3.77. The molecule has 2 aromatic carbocycles. The summed E-state index contributed by atoms with van der Waals surface area (Å²) in [4.78, 5) is 12.8. The SMILES string of the molecule is O=C1CNCC2=C1C(c1ccc(S(=O)(=O)Nc3ccc(Cl)cc3)cc1)c1cn[nH]c1N2. The third kappa shape index (κ3) is 3.60. The fourth-order valence-electron chi connectivity index (χ4n) is 3.95. The topological polar surface area (TPSA) is 116 Å². The van der Waals surface area contributed by atoms with E-state index in [1.54, 1.807) is 54.7 Å². The molecule has 0 saturated carbocycles. The van der Waals surface area contributed by atoms with Crippen LogP contribution in [0.15, 0.2) is 70.9 Å². The van der Waals surface area contributed by atoms with Gasteiger partial charge in [0.2, 0.25) is 0 Å². The van der Waals surface area contributed by atoms with Gasteiger partial charge in [-0.1, -0.05) is 23.7 Å². The lowest BCUT2D eigenvalue weighted by molar-refractivity contribution is -0.115. The predicted octanol–water partition coefficient (Wildman–Crippen LogP) is 2.85. The van der Waals surface area contributed by atoms with Crippen LogP contribution in [-0.2, 0) is 14.8 Å². The fraction of sp³-hybridized carbons (Fsp3) is 0.143. The molecular formula is C21H18ClN5O3S. The van der Waals surface area contributed by atoms with Gasteiger partial charge in [-0.25, -0.2) is 8.42 Å². The number of Topliss-reactive ketones (excluding diaryl/α,β-unsaturated/α-hetero) is 1. The molecule has 8 nitrogen and oxygen atoms in total. The molecule has 4 N–H and O–H groups in total. The fourth-order valence-corrected chi connectivity index (χ4v) is 5.13. The molecule has 1 aromatic heterocycles. The molecule has 2 aliphatic rings. The van der Waals surface area contributed by atoms with Crippen LogP contribution in [0.3, 0.4) is 0 Å². The Kier molecular flexibility index (Phi) is 4.81. The molecule has 5 rings (SSSR count). The number of benzene rings is 2. The van der Waals surface area contributed by atoms with Crippen molar-refractivity contribution in [3.63, 3.8) is 0 Å². The van der Waals surface area contributed by atoms with Gasteiger partial charge in [-0.2, -0.15) is 5.10 Å². The Bertz CT molecular complexity index is 1300. The summed E-state index contributed by atoms with van der Waals surface area (Å²) in [5.74, 6) is 0.425. The minimum absolute atomic E-state index is 0.00621. The van der Waals surface area contributed by atoms with Crippen LogP contribution in [0, 0.1) is 0 Å². The average molecular weight is 456 g/mol. The van der Waals surface area contributed by atoms with E-state index in [-0.39, 0.29) is 23.1 Å². The molecule has 0 spiro atoms. The molecule has 31 heavy (non-hydrogen) atoms. The zero-order valence-electron chi connectivity index (χ0n) is 16.1. The van der Waals surface area contributed by atoms with Gasteiger partial charge in [-0.15, -0.1) is 0 Å². The molecule has 0 bridgehead atoms. The summed E-state index contributed by atoms with van der Waals surface area (Å²) in [6, 6.07) is 13.0. The summed E-state index contributed by atoms with van der Waals surface area (Å²) in [5.41, 5.74) is 3.58. The molecule has 0 saturated heterocycles. The van der Waals surface area contributed by atoms with Gasteiger partial charge in [-0.05, 0) is 42.0 Å². The standard InChI is InChI=1S/C21H18ClN5O3S/c22-13-3-5-14(6-4-13)27-31(29,30)15-7-1-12(2-8-15)19-16-9-24-26-21(16)25-17-10-23-11-18(28)20(17)19/h1-9,19,23,27H,10-11H2,(H2,24,25,26). The van der Waals surface area contributed by atoms with Crippen molar-refractivity contribution in [2.24, 2.45) is 0 Å². The zero-order valence-corrected chi connectivity index (χ0v) is 17.7. The number of fused-ring (bicyclic) bond motifs is 1. The highest BCUT2D eigenvalue weighted by molar-refractivity contribution is 7.92. The van der Waals surface area contributed by atoms with Crippen molar-refractivity contribution in [3.05, 3.63) is 82.1 Å². The van der Waals surface area contributed by atoms with Crippen molar-refractivity contribution in [3.8, 4) is 0 Å². The number of carbonyl (C=O) groups excluding carboxylic acids is 1. The van der Waals surface area contributed by atoms with E-state index in [4.69, 9.17) is 11.6 Å². The van der Waals surface area contributed by atoms with Crippen LogP contribution in [0.4, 0.5) is 11.5 Å². The Morgan fingerprint density at radius 3 is 2.52 bits per heavy atom. The molecule has 10 heteroatoms. The number of sulfonamides is 1. The normalized spacial score (nSPS) is 18.2. The summed E-state index contributed by atoms with van der Waals surface area (Å²) < 4.78 is 28.1. The van der Waals surface area contributed by atoms with Gasteiger partial charge in [0, 0.05) is 40.0 Å². The first-order chi connectivity index (χ1) is 14.9. The Hall–Kier alpha value is -3.14. The molecule has 0 amide bonds. The van der Waals surface area contributed by atoms with Crippen LogP contribution in [0.1, 0.15) is 17.0 Å². The van der Waals surface area contributed by atoms with Gasteiger partial charge in [0.05, 0.1) is 17.6 Å². The van der Waals surface area contributed by atoms with Crippen LogP contribution < -0.4 is 15.4 Å². The molecule has 0 aliphatic carbocycles. The number of aromatic nitrogens is 2. The van der Waals surface area contributed by atoms with Crippen LogP contribution >= 0.6 is 11.6 Å². The number of nitrogens with one attached hydrogen (secondary N) is 4. The van der Waals surface area contributed by atoms with Crippen LogP contribution in [0.5, 0.6) is 0 Å². The first-order valence-electron chi connectivity index (χ1n) is 9.58. The van der Waals surface area contributed by atoms with Gasteiger partial charge in [0.1, 0.15) is 5.82 Å². The van der Waals surface area contributed by atoms with Gasteiger partial charge >= 0.3 is 0 Å². The van der Waals surface area contributed by atoms with Crippen molar-refractivity contribution in [2.45, 2.75) is 10.8 Å². The Morgan fingerprint density at radius 1 is 1.03 bits per heavy atom. The number of rotatable bonds is 4. The quantitative estimate of drug-likeness (QED) is 0.480. The van der Waals surface area contributed by atoms with Gasteiger partial charge < -0.3 is 10.6 Å². The highest BCUT2D eigenvalue weighted by Crippen LogP contribution is 2.41. The Labute approximate surface area is 183 Å². The second-order valence-electron chi connectivity index (χ2n) is 7.36. The van der Waals surface area contributed by atoms with E-state index in [1.165, 1.54) is 0 Å². The van der Waals surface area contributed by atoms with E-state index in [1.807, 2.05) is 0 Å². The molecule has 158 valence electrons. The van der Waals surface area contributed by atoms with E-state index >= 15 is 0 Å². The lowest BCUT2D eigenvalue weighted by Gasteiger charge is -2.32. The molecule has 3 heterocycles. The van der Waals surface area contributed by atoms with Crippen molar-refractivity contribution in [2.75, 3.05) is 23.1 Å². The van der Waals surface area contributed by atoms with E-state index < -0.39 is 10.0 Å². The van der Waals surface area contributed by atoms with Crippen molar-refractivity contribution >= 4 is 38.9 Å². The predicted molar refractivity (Wildman–Crippen MR) is 118 cm³/mol. The monoisotopic (exact) mass is 455 g/mol. The van der Waals surface area contributed by atoms with E-state index in [9.17, 15) is 13.2 Å². The van der Waals surface area contributed by atoms with E-state index in [0.717, 1.165) is 22.6 Å². The minimum Gasteiger partial charge on any atom is -0.342 e. The second kappa shape index (κ2) is 7.52. The number of nitrogens with zero attached hydrogens (tertiary/aromatic N) is 1. The molecule has 0 radical (unpaired) electrons. The van der Waals surface area contributed by atoms with Crippen molar-refractivity contribution < 1.29 is 13.2 Å². The summed E-state index contributed by atoms with van der Waals surface area (Å²) >= 11 is 5.86. The Balaban J connectivity index is 1.49. The number of H-pyrrole nitrogens is 1. The molecule has 1 unspecified atom stereocenters.